The van der Waals surface area contributed by atoms with Gasteiger partial charge < -0.3 is 5.32 Å². The molecule has 4 nitrogen and oxygen atoms in total. The lowest BCUT2D eigenvalue weighted by atomic mass is 10.2. The summed E-state index contributed by atoms with van der Waals surface area (Å²) in [7, 11) is 0. The van der Waals surface area contributed by atoms with E-state index >= 15 is 0 Å². The highest BCUT2D eigenvalue weighted by molar-refractivity contribution is 5.94. The Hall–Kier alpha value is -2.30. The first-order chi connectivity index (χ1) is 8.27. The molecule has 0 fully saturated rings. The zero-order valence-electron chi connectivity index (χ0n) is 8.93. The summed E-state index contributed by atoms with van der Waals surface area (Å²) < 4.78 is 13.2. The van der Waals surface area contributed by atoms with Crippen molar-refractivity contribution in [1.29, 1.82) is 0 Å². The van der Waals surface area contributed by atoms with Crippen molar-refractivity contribution in [2.45, 2.75) is 6.54 Å². The smallest absolute Gasteiger partial charge is 0.256 e. The van der Waals surface area contributed by atoms with E-state index in [1.165, 1.54) is 18.3 Å². The maximum absolute atomic E-state index is 13.2. The average Bonchev–Trinajstić information content (AvgIpc) is 2.38. The molecule has 5 heteroatoms. The standard InChI is InChI=1S/C12H10FN3O/c13-11-10(4-2-6-15-11)12(17)16-8-9-3-1-5-14-7-9/h1-7H,8H2,(H,16,17). The maximum atomic E-state index is 13.2. The van der Waals surface area contributed by atoms with Crippen molar-refractivity contribution >= 4 is 5.91 Å². The molecule has 17 heavy (non-hydrogen) atoms. The van der Waals surface area contributed by atoms with Gasteiger partial charge in [-0.1, -0.05) is 6.07 Å². The Balaban J connectivity index is 2.01. The van der Waals surface area contributed by atoms with E-state index in [0.717, 1.165) is 5.56 Å². The maximum Gasteiger partial charge on any atom is 0.256 e. The number of carbonyl (C=O) groups excluding carboxylic acids is 1. The van der Waals surface area contributed by atoms with Crippen molar-refractivity contribution < 1.29 is 9.18 Å². The van der Waals surface area contributed by atoms with E-state index in [4.69, 9.17) is 0 Å². The summed E-state index contributed by atoms with van der Waals surface area (Å²) in [5.74, 6) is -1.25. The first-order valence-corrected chi connectivity index (χ1v) is 5.05. The van der Waals surface area contributed by atoms with Gasteiger partial charge in [-0.05, 0) is 23.8 Å². The second-order valence-electron chi connectivity index (χ2n) is 3.39. The molecule has 1 N–H and O–H groups in total. The lowest BCUT2D eigenvalue weighted by Crippen LogP contribution is -2.24. The third-order valence-corrected chi connectivity index (χ3v) is 2.18. The lowest BCUT2D eigenvalue weighted by molar-refractivity contribution is 0.0946. The van der Waals surface area contributed by atoms with Gasteiger partial charge in [0.25, 0.3) is 5.91 Å². The molecule has 0 radical (unpaired) electrons. The van der Waals surface area contributed by atoms with Gasteiger partial charge in [0.1, 0.15) is 0 Å². The van der Waals surface area contributed by atoms with Gasteiger partial charge in [-0.25, -0.2) is 4.98 Å². The SMILES string of the molecule is O=C(NCc1cccnc1)c1cccnc1F. The van der Waals surface area contributed by atoms with Crippen LogP contribution >= 0.6 is 0 Å². The topological polar surface area (TPSA) is 54.9 Å². The summed E-state index contributed by atoms with van der Waals surface area (Å²) >= 11 is 0. The largest absolute Gasteiger partial charge is 0.348 e. The molecular formula is C12H10FN3O. The number of amides is 1. The summed E-state index contributed by atoms with van der Waals surface area (Å²) in [6.45, 7) is 0.307. The Kier molecular flexibility index (Phi) is 3.40. The Bertz CT molecular complexity index is 516. The van der Waals surface area contributed by atoms with Crippen LogP contribution < -0.4 is 5.32 Å². The number of aromatic nitrogens is 2. The minimum absolute atomic E-state index is 0.0589. The van der Waals surface area contributed by atoms with E-state index in [-0.39, 0.29) is 5.56 Å². The van der Waals surface area contributed by atoms with Gasteiger partial charge in [0.15, 0.2) is 0 Å². The van der Waals surface area contributed by atoms with Crippen LogP contribution in [0.15, 0.2) is 42.9 Å². The molecule has 2 aromatic rings. The molecule has 0 bridgehead atoms. The highest BCUT2D eigenvalue weighted by atomic mass is 19.1. The molecule has 0 unspecified atom stereocenters. The molecule has 0 aliphatic rings. The van der Waals surface area contributed by atoms with Gasteiger partial charge >= 0.3 is 0 Å². The number of hydrogen-bond acceptors (Lipinski definition) is 3. The van der Waals surface area contributed by atoms with Crippen LogP contribution in [0, 0.1) is 5.95 Å². The van der Waals surface area contributed by atoms with Crippen LogP contribution in [0.1, 0.15) is 15.9 Å². The Labute approximate surface area is 97.5 Å². The number of rotatable bonds is 3. The summed E-state index contributed by atoms with van der Waals surface area (Å²) in [4.78, 5) is 19.0. The van der Waals surface area contributed by atoms with Crippen LogP contribution in [-0.2, 0) is 6.54 Å². The first-order valence-electron chi connectivity index (χ1n) is 5.05. The molecular weight excluding hydrogens is 221 g/mol. The molecule has 0 saturated carbocycles. The first kappa shape index (κ1) is 11.2. The monoisotopic (exact) mass is 231 g/mol. The van der Waals surface area contributed by atoms with Crippen LogP contribution in [0.3, 0.4) is 0 Å². The van der Waals surface area contributed by atoms with Crippen molar-refractivity contribution in [3.63, 3.8) is 0 Å². The molecule has 0 spiro atoms. The third-order valence-electron chi connectivity index (χ3n) is 2.18. The number of hydrogen-bond donors (Lipinski definition) is 1. The van der Waals surface area contributed by atoms with E-state index in [2.05, 4.69) is 15.3 Å². The highest BCUT2D eigenvalue weighted by Crippen LogP contribution is 2.03. The molecule has 2 aromatic heterocycles. The predicted octanol–water partition coefficient (Wildman–Crippen LogP) is 1.55. The molecule has 86 valence electrons. The van der Waals surface area contributed by atoms with Crippen LogP contribution in [-0.4, -0.2) is 15.9 Å². The van der Waals surface area contributed by atoms with Crippen molar-refractivity contribution in [2.75, 3.05) is 0 Å². The van der Waals surface area contributed by atoms with Gasteiger partial charge in [0.05, 0.1) is 5.56 Å². The minimum Gasteiger partial charge on any atom is -0.348 e. The minimum atomic E-state index is -0.767. The molecule has 0 aliphatic carbocycles. The summed E-state index contributed by atoms with van der Waals surface area (Å²) in [6, 6.07) is 6.50. The van der Waals surface area contributed by atoms with Gasteiger partial charge in [0, 0.05) is 25.1 Å². The van der Waals surface area contributed by atoms with Crippen LogP contribution in [0.2, 0.25) is 0 Å². The zero-order valence-corrected chi connectivity index (χ0v) is 8.93. The molecule has 2 rings (SSSR count). The van der Waals surface area contributed by atoms with Gasteiger partial charge in [-0.2, -0.15) is 4.39 Å². The number of halogens is 1. The normalized spacial score (nSPS) is 9.94. The van der Waals surface area contributed by atoms with E-state index in [9.17, 15) is 9.18 Å². The Morgan fingerprint density at radius 3 is 2.82 bits per heavy atom. The van der Waals surface area contributed by atoms with Gasteiger partial charge in [-0.3, -0.25) is 9.78 Å². The molecule has 0 aliphatic heterocycles. The predicted molar refractivity (Wildman–Crippen MR) is 59.6 cm³/mol. The van der Waals surface area contributed by atoms with Gasteiger partial charge in [0.2, 0.25) is 5.95 Å². The molecule has 2 heterocycles. The fourth-order valence-corrected chi connectivity index (χ4v) is 1.34. The lowest BCUT2D eigenvalue weighted by Gasteiger charge is -2.05. The highest BCUT2D eigenvalue weighted by Gasteiger charge is 2.11. The van der Waals surface area contributed by atoms with Crippen molar-refractivity contribution in [2.24, 2.45) is 0 Å². The fourth-order valence-electron chi connectivity index (χ4n) is 1.34. The van der Waals surface area contributed by atoms with Crippen LogP contribution in [0.5, 0.6) is 0 Å². The zero-order chi connectivity index (χ0) is 12.1. The van der Waals surface area contributed by atoms with E-state index in [1.54, 1.807) is 18.5 Å². The third kappa shape index (κ3) is 2.84. The molecule has 0 saturated heterocycles. The summed E-state index contributed by atoms with van der Waals surface area (Å²) in [5.41, 5.74) is 0.793. The second kappa shape index (κ2) is 5.16. The summed E-state index contributed by atoms with van der Waals surface area (Å²) in [5, 5.41) is 2.60. The molecule has 1 amide bonds. The average molecular weight is 231 g/mol. The quantitative estimate of drug-likeness (QED) is 0.815. The Morgan fingerprint density at radius 1 is 1.29 bits per heavy atom. The van der Waals surface area contributed by atoms with Crippen LogP contribution in [0.25, 0.3) is 0 Å². The number of nitrogens with zero attached hydrogens (tertiary/aromatic N) is 2. The number of nitrogens with one attached hydrogen (secondary N) is 1. The van der Waals surface area contributed by atoms with Gasteiger partial charge in [-0.15, -0.1) is 0 Å². The summed E-state index contributed by atoms with van der Waals surface area (Å²) in [6.07, 6.45) is 4.58. The van der Waals surface area contributed by atoms with Crippen LogP contribution in [0.4, 0.5) is 4.39 Å². The number of pyridine rings is 2. The van der Waals surface area contributed by atoms with Crippen molar-refractivity contribution in [3.05, 3.63) is 59.9 Å². The number of carbonyl (C=O) groups is 1. The fraction of sp³-hybridized carbons (Fsp3) is 0.0833. The van der Waals surface area contributed by atoms with Crippen molar-refractivity contribution in [3.8, 4) is 0 Å². The van der Waals surface area contributed by atoms with E-state index in [1.807, 2.05) is 6.07 Å². The Morgan fingerprint density at radius 2 is 2.12 bits per heavy atom. The molecule has 0 atom stereocenters. The second-order valence-corrected chi connectivity index (χ2v) is 3.39. The molecule has 0 aromatic carbocycles. The van der Waals surface area contributed by atoms with Crippen molar-refractivity contribution in [1.82, 2.24) is 15.3 Å². The van der Waals surface area contributed by atoms with E-state index < -0.39 is 11.9 Å². The van der Waals surface area contributed by atoms with E-state index in [0.29, 0.717) is 6.54 Å².